The number of rotatable bonds is 6. The summed E-state index contributed by atoms with van der Waals surface area (Å²) < 4.78 is 33.8. The van der Waals surface area contributed by atoms with E-state index in [1.807, 2.05) is 32.2 Å². The Morgan fingerprint density at radius 3 is 2.63 bits per heavy atom. The van der Waals surface area contributed by atoms with Crippen molar-refractivity contribution < 1.29 is 17.7 Å². The zero-order valence-corrected chi connectivity index (χ0v) is 16.5. The first kappa shape index (κ1) is 19.1. The van der Waals surface area contributed by atoms with Crippen molar-refractivity contribution in [2.24, 2.45) is 7.05 Å². The molecule has 0 saturated heterocycles. The predicted molar refractivity (Wildman–Crippen MR) is 101 cm³/mol. The molecule has 2 heterocycles. The third-order valence-electron chi connectivity index (χ3n) is 4.50. The molecule has 0 atom stereocenters. The minimum Gasteiger partial charge on any atom is -0.360 e. The summed E-state index contributed by atoms with van der Waals surface area (Å²) in [6.07, 6.45) is 0. The van der Waals surface area contributed by atoms with Crippen LogP contribution in [0.5, 0.6) is 0 Å². The molecule has 3 aromatic rings. The lowest BCUT2D eigenvalue weighted by Gasteiger charge is -2.08. The number of carbonyl (C=O) groups is 1. The van der Waals surface area contributed by atoms with Crippen LogP contribution in [-0.4, -0.2) is 30.6 Å². The number of aryl methyl sites for hydroxylation is 4. The van der Waals surface area contributed by atoms with Crippen molar-refractivity contribution in [1.82, 2.24) is 19.8 Å². The quantitative estimate of drug-likeness (QED) is 0.666. The number of hydrogen-bond acceptors (Lipinski definition) is 5. The molecule has 0 saturated carbocycles. The Morgan fingerprint density at radius 2 is 1.96 bits per heavy atom. The third-order valence-corrected chi connectivity index (χ3v) is 6.14. The highest BCUT2D eigenvalue weighted by molar-refractivity contribution is 7.89. The van der Waals surface area contributed by atoms with Crippen molar-refractivity contribution in [3.8, 4) is 0 Å². The van der Waals surface area contributed by atoms with Gasteiger partial charge in [-0.3, -0.25) is 4.79 Å². The lowest BCUT2D eigenvalue weighted by molar-refractivity contribution is -0.120. The first-order valence-corrected chi connectivity index (χ1v) is 9.91. The van der Waals surface area contributed by atoms with Gasteiger partial charge in [0.25, 0.3) is 0 Å². The van der Waals surface area contributed by atoms with E-state index < -0.39 is 15.9 Å². The number of carbonyl (C=O) groups excluding carboxylic acids is 1. The van der Waals surface area contributed by atoms with Crippen LogP contribution in [-0.2, 0) is 28.4 Å². The van der Waals surface area contributed by atoms with E-state index in [9.17, 15) is 13.2 Å². The van der Waals surface area contributed by atoms with Crippen molar-refractivity contribution in [3.63, 3.8) is 0 Å². The number of sulfonamides is 1. The predicted octanol–water partition coefficient (Wildman–Crippen LogP) is 1.69. The average molecular weight is 390 g/mol. The number of hydrogen-bond donors (Lipinski definition) is 2. The second-order valence-corrected chi connectivity index (χ2v) is 8.20. The number of benzene rings is 1. The summed E-state index contributed by atoms with van der Waals surface area (Å²) in [5.74, 6) is -0.235. The van der Waals surface area contributed by atoms with E-state index in [1.165, 1.54) is 13.8 Å². The Labute approximate surface area is 157 Å². The number of aromatic nitrogens is 2. The molecule has 2 N–H and O–H groups in total. The molecule has 1 aromatic carbocycles. The lowest BCUT2D eigenvalue weighted by Crippen LogP contribution is -2.36. The molecule has 9 heteroatoms. The normalized spacial score (nSPS) is 11.9. The van der Waals surface area contributed by atoms with Crippen LogP contribution in [0.1, 0.15) is 22.7 Å². The van der Waals surface area contributed by atoms with Crippen LogP contribution in [0.15, 0.2) is 33.7 Å². The van der Waals surface area contributed by atoms with E-state index in [2.05, 4.69) is 25.8 Å². The van der Waals surface area contributed by atoms with Crippen LogP contribution in [0.2, 0.25) is 0 Å². The molecule has 3 rings (SSSR count). The number of nitrogens with one attached hydrogen (secondary N) is 2. The van der Waals surface area contributed by atoms with Crippen LogP contribution in [0.3, 0.4) is 0 Å². The SMILES string of the molecule is Cc1noc(C)c1S(=O)(=O)NCC(=O)NCc1ccc2c(c1)cc(C)n2C. The molecule has 1 amide bonds. The van der Waals surface area contributed by atoms with Gasteiger partial charge in [-0.25, -0.2) is 13.1 Å². The summed E-state index contributed by atoms with van der Waals surface area (Å²) in [7, 11) is -1.85. The standard InChI is InChI=1S/C18H22N4O4S/c1-11-7-15-8-14(5-6-16(15)22(11)4)9-19-17(23)10-20-27(24,25)18-12(2)21-26-13(18)3/h5-8,20H,9-10H2,1-4H3,(H,19,23). The zero-order valence-electron chi connectivity index (χ0n) is 15.7. The molecule has 0 bridgehead atoms. The van der Waals surface area contributed by atoms with Gasteiger partial charge in [0.1, 0.15) is 10.6 Å². The Hall–Kier alpha value is -2.65. The number of amides is 1. The molecular formula is C18H22N4O4S. The van der Waals surface area contributed by atoms with Gasteiger partial charge in [-0.05, 0) is 44.5 Å². The van der Waals surface area contributed by atoms with Crippen molar-refractivity contribution in [3.05, 3.63) is 47.0 Å². The molecule has 0 radical (unpaired) electrons. The third kappa shape index (κ3) is 3.88. The Kier molecular flexibility index (Phi) is 5.07. The van der Waals surface area contributed by atoms with Gasteiger partial charge in [0.15, 0.2) is 5.76 Å². The smallest absolute Gasteiger partial charge is 0.246 e. The van der Waals surface area contributed by atoms with Gasteiger partial charge >= 0.3 is 0 Å². The van der Waals surface area contributed by atoms with Crippen LogP contribution < -0.4 is 10.0 Å². The van der Waals surface area contributed by atoms with Gasteiger partial charge in [-0.2, -0.15) is 0 Å². The van der Waals surface area contributed by atoms with Gasteiger partial charge in [0.2, 0.25) is 15.9 Å². The van der Waals surface area contributed by atoms with E-state index in [4.69, 9.17) is 4.52 Å². The molecule has 0 aliphatic heterocycles. The van der Waals surface area contributed by atoms with E-state index in [0.717, 1.165) is 22.2 Å². The maximum absolute atomic E-state index is 12.3. The van der Waals surface area contributed by atoms with Crippen molar-refractivity contribution in [2.75, 3.05) is 6.54 Å². The van der Waals surface area contributed by atoms with Gasteiger partial charge in [0, 0.05) is 30.2 Å². The highest BCUT2D eigenvalue weighted by Crippen LogP contribution is 2.20. The first-order chi connectivity index (χ1) is 12.7. The second-order valence-electron chi connectivity index (χ2n) is 6.49. The van der Waals surface area contributed by atoms with Crippen LogP contribution in [0.25, 0.3) is 10.9 Å². The minimum absolute atomic E-state index is 0.0276. The molecule has 144 valence electrons. The molecule has 8 nitrogen and oxygen atoms in total. The molecule has 0 aliphatic rings. The summed E-state index contributed by atoms with van der Waals surface area (Å²) in [6.45, 7) is 5.03. The van der Waals surface area contributed by atoms with Gasteiger partial charge in [-0.1, -0.05) is 11.2 Å². The molecule has 27 heavy (non-hydrogen) atoms. The largest absolute Gasteiger partial charge is 0.360 e. The monoisotopic (exact) mass is 390 g/mol. The van der Waals surface area contributed by atoms with E-state index in [1.54, 1.807) is 0 Å². The summed E-state index contributed by atoms with van der Waals surface area (Å²) in [5.41, 5.74) is 3.47. The summed E-state index contributed by atoms with van der Waals surface area (Å²) >= 11 is 0. The van der Waals surface area contributed by atoms with Crippen molar-refractivity contribution in [2.45, 2.75) is 32.2 Å². The fraction of sp³-hybridized carbons (Fsp3) is 0.333. The molecule has 0 spiro atoms. The highest BCUT2D eigenvalue weighted by Gasteiger charge is 2.24. The van der Waals surface area contributed by atoms with Crippen LogP contribution in [0.4, 0.5) is 0 Å². The fourth-order valence-electron chi connectivity index (χ4n) is 3.00. The van der Waals surface area contributed by atoms with Crippen molar-refractivity contribution in [1.29, 1.82) is 0 Å². The summed E-state index contributed by atoms with van der Waals surface area (Å²) in [5, 5.41) is 7.44. The Balaban J connectivity index is 1.60. The van der Waals surface area contributed by atoms with Crippen LogP contribution in [0, 0.1) is 20.8 Å². The highest BCUT2D eigenvalue weighted by atomic mass is 32.2. The maximum Gasteiger partial charge on any atom is 0.246 e. The molecule has 0 aliphatic carbocycles. The number of fused-ring (bicyclic) bond motifs is 1. The molecule has 0 fully saturated rings. The van der Waals surface area contributed by atoms with Crippen molar-refractivity contribution >= 4 is 26.8 Å². The average Bonchev–Trinajstić information content (AvgIpc) is 3.10. The Morgan fingerprint density at radius 1 is 1.22 bits per heavy atom. The summed E-state index contributed by atoms with van der Waals surface area (Å²) in [4.78, 5) is 12.0. The van der Waals surface area contributed by atoms with E-state index in [0.29, 0.717) is 6.54 Å². The maximum atomic E-state index is 12.3. The molecular weight excluding hydrogens is 368 g/mol. The molecule has 0 unspecified atom stereocenters. The molecule has 2 aromatic heterocycles. The zero-order chi connectivity index (χ0) is 19.8. The summed E-state index contributed by atoms with van der Waals surface area (Å²) in [6, 6.07) is 8.04. The topological polar surface area (TPSA) is 106 Å². The van der Waals surface area contributed by atoms with Gasteiger partial charge in [-0.15, -0.1) is 0 Å². The fourth-order valence-corrected chi connectivity index (χ4v) is 4.31. The second kappa shape index (κ2) is 7.16. The Bertz CT molecular complexity index is 1090. The van der Waals surface area contributed by atoms with Gasteiger partial charge < -0.3 is 14.4 Å². The lowest BCUT2D eigenvalue weighted by atomic mass is 10.1. The van der Waals surface area contributed by atoms with Crippen LogP contribution >= 0.6 is 0 Å². The van der Waals surface area contributed by atoms with Gasteiger partial charge in [0.05, 0.1) is 6.54 Å². The van der Waals surface area contributed by atoms with E-state index >= 15 is 0 Å². The number of nitrogens with zero attached hydrogens (tertiary/aromatic N) is 2. The minimum atomic E-state index is -3.86. The van der Waals surface area contributed by atoms with E-state index in [-0.39, 0.29) is 22.9 Å². The first-order valence-electron chi connectivity index (χ1n) is 8.43.